The summed E-state index contributed by atoms with van der Waals surface area (Å²) in [6, 6.07) is 0. The van der Waals surface area contributed by atoms with Crippen molar-refractivity contribution in [1.82, 2.24) is 4.98 Å². The Balaban J connectivity index is 3.13. The number of hydrogen-bond acceptors (Lipinski definition) is 2. The fourth-order valence-corrected chi connectivity index (χ4v) is 1.28. The molecule has 0 saturated heterocycles. The van der Waals surface area contributed by atoms with E-state index in [1.165, 1.54) is 22.6 Å². The molecule has 1 aromatic heterocycles. The minimum atomic E-state index is -4.95. The van der Waals surface area contributed by atoms with E-state index in [0.717, 1.165) is 0 Å². The van der Waals surface area contributed by atoms with E-state index in [1.54, 1.807) is 0 Å². The third kappa shape index (κ3) is 2.84. The maximum absolute atomic E-state index is 12.8. The molecule has 0 radical (unpaired) electrons. The quantitative estimate of drug-likeness (QED) is 0.444. The van der Waals surface area contributed by atoms with Crippen molar-refractivity contribution in [3.05, 3.63) is 20.7 Å². The predicted octanol–water partition coefficient (Wildman–Crippen LogP) is 3.38. The predicted molar refractivity (Wildman–Crippen MR) is 48.6 cm³/mol. The van der Waals surface area contributed by atoms with E-state index in [1.807, 2.05) is 0 Å². The van der Waals surface area contributed by atoms with E-state index in [4.69, 9.17) is 11.6 Å². The summed E-state index contributed by atoms with van der Waals surface area (Å²) >= 11 is 6.79. The smallest absolute Gasteiger partial charge is 0.401 e. The number of rotatable bonds is 1. The third-order valence-electron chi connectivity index (χ3n) is 1.11. The highest BCUT2D eigenvalue weighted by atomic mass is 127. The Kier molecular flexibility index (Phi) is 3.40. The molecule has 2 nitrogen and oxygen atoms in total. The molecule has 0 spiro atoms. The van der Waals surface area contributed by atoms with Gasteiger partial charge in [-0.1, -0.05) is 11.6 Å². The van der Waals surface area contributed by atoms with Gasteiger partial charge in [-0.25, -0.2) is 9.37 Å². The molecule has 0 amide bonds. The first kappa shape index (κ1) is 11.8. The molecular weight excluding hydrogens is 340 g/mol. The average Bonchev–Trinajstić information content (AvgIpc) is 2.04. The monoisotopic (exact) mass is 341 g/mol. The molecule has 0 aliphatic heterocycles. The van der Waals surface area contributed by atoms with E-state index in [9.17, 15) is 17.6 Å². The van der Waals surface area contributed by atoms with Crippen molar-refractivity contribution in [3.8, 4) is 5.75 Å². The number of ether oxygens (including phenoxy) is 1. The van der Waals surface area contributed by atoms with Gasteiger partial charge in [0.1, 0.15) is 5.15 Å². The maximum Gasteiger partial charge on any atom is 0.573 e. The number of nitrogens with zero attached hydrogens (tertiary/aromatic N) is 1. The van der Waals surface area contributed by atoms with Crippen LogP contribution in [0.25, 0.3) is 0 Å². The zero-order chi connectivity index (χ0) is 10.9. The Hall–Kier alpha value is -0.310. The maximum atomic E-state index is 12.8. The first-order valence-electron chi connectivity index (χ1n) is 3.06. The van der Waals surface area contributed by atoms with Gasteiger partial charge in [0, 0.05) is 0 Å². The molecule has 0 bridgehead atoms. The molecule has 78 valence electrons. The second-order valence-electron chi connectivity index (χ2n) is 2.09. The fraction of sp³-hybridized carbons (Fsp3) is 0.167. The SMILES string of the molecule is Fc1cnc(Cl)c(I)c1OC(F)(F)F. The van der Waals surface area contributed by atoms with Gasteiger partial charge in [-0.3, -0.25) is 0 Å². The number of pyridine rings is 1. The molecule has 0 aliphatic carbocycles. The summed E-state index contributed by atoms with van der Waals surface area (Å²) in [5, 5.41) is -0.244. The lowest BCUT2D eigenvalue weighted by Crippen LogP contribution is -2.19. The van der Waals surface area contributed by atoms with E-state index < -0.39 is 17.9 Å². The summed E-state index contributed by atoms with van der Waals surface area (Å²) in [7, 11) is 0. The van der Waals surface area contributed by atoms with E-state index in [-0.39, 0.29) is 8.72 Å². The van der Waals surface area contributed by atoms with Crippen LogP contribution in [0.1, 0.15) is 0 Å². The Bertz CT molecular complexity index is 356. The summed E-state index contributed by atoms with van der Waals surface area (Å²) < 4.78 is 51.4. The van der Waals surface area contributed by atoms with Crippen LogP contribution in [0.4, 0.5) is 17.6 Å². The standard InChI is InChI=1S/C6HClF4INO/c7-5-3(12)4(2(8)1-13-5)14-6(9,10)11/h1H. The van der Waals surface area contributed by atoms with Crippen LogP contribution in [0.5, 0.6) is 5.75 Å². The van der Waals surface area contributed by atoms with E-state index >= 15 is 0 Å². The van der Waals surface area contributed by atoms with Crippen LogP contribution >= 0.6 is 34.2 Å². The molecule has 0 N–H and O–H groups in total. The molecule has 0 saturated carbocycles. The van der Waals surface area contributed by atoms with Crippen molar-refractivity contribution in [2.45, 2.75) is 6.36 Å². The van der Waals surface area contributed by atoms with E-state index in [0.29, 0.717) is 6.20 Å². The van der Waals surface area contributed by atoms with Gasteiger partial charge in [-0.05, 0) is 22.6 Å². The zero-order valence-electron chi connectivity index (χ0n) is 6.20. The number of aromatic nitrogens is 1. The van der Waals surface area contributed by atoms with Crippen molar-refractivity contribution in [3.63, 3.8) is 0 Å². The van der Waals surface area contributed by atoms with Gasteiger partial charge in [0.2, 0.25) is 0 Å². The Morgan fingerprint density at radius 3 is 2.50 bits per heavy atom. The lowest BCUT2D eigenvalue weighted by Gasteiger charge is -2.11. The highest BCUT2D eigenvalue weighted by molar-refractivity contribution is 14.1. The molecule has 0 atom stereocenters. The molecule has 8 heteroatoms. The molecule has 0 fully saturated rings. The van der Waals surface area contributed by atoms with Crippen molar-refractivity contribution >= 4 is 34.2 Å². The average molecular weight is 341 g/mol. The van der Waals surface area contributed by atoms with Crippen LogP contribution in [-0.4, -0.2) is 11.3 Å². The van der Waals surface area contributed by atoms with Gasteiger partial charge in [0.15, 0.2) is 11.6 Å². The molecule has 1 aromatic rings. The molecule has 0 aromatic carbocycles. The Morgan fingerprint density at radius 2 is 2.00 bits per heavy atom. The first-order valence-corrected chi connectivity index (χ1v) is 4.52. The van der Waals surface area contributed by atoms with Gasteiger partial charge >= 0.3 is 6.36 Å². The normalized spacial score (nSPS) is 11.6. The molecule has 1 heterocycles. The Labute approximate surface area is 94.4 Å². The highest BCUT2D eigenvalue weighted by Crippen LogP contribution is 2.33. The summed E-state index contributed by atoms with van der Waals surface area (Å²) in [6.45, 7) is 0. The summed E-state index contributed by atoms with van der Waals surface area (Å²) in [6.07, 6.45) is -4.39. The fourth-order valence-electron chi connectivity index (χ4n) is 0.636. The molecular formula is C6HClF4INO. The van der Waals surface area contributed by atoms with Crippen molar-refractivity contribution in [2.75, 3.05) is 0 Å². The second kappa shape index (κ2) is 4.05. The Morgan fingerprint density at radius 1 is 1.43 bits per heavy atom. The van der Waals surface area contributed by atoms with Crippen LogP contribution in [0.3, 0.4) is 0 Å². The van der Waals surface area contributed by atoms with Gasteiger partial charge < -0.3 is 4.74 Å². The zero-order valence-corrected chi connectivity index (χ0v) is 9.11. The van der Waals surface area contributed by atoms with Gasteiger partial charge in [0.25, 0.3) is 0 Å². The molecule has 0 unspecified atom stereocenters. The van der Waals surface area contributed by atoms with Crippen LogP contribution in [-0.2, 0) is 0 Å². The van der Waals surface area contributed by atoms with Crippen LogP contribution in [0.2, 0.25) is 5.15 Å². The molecule has 1 rings (SSSR count). The van der Waals surface area contributed by atoms with Crippen molar-refractivity contribution in [1.29, 1.82) is 0 Å². The van der Waals surface area contributed by atoms with Gasteiger partial charge in [-0.2, -0.15) is 0 Å². The second-order valence-corrected chi connectivity index (χ2v) is 3.52. The minimum Gasteiger partial charge on any atom is -0.401 e. The van der Waals surface area contributed by atoms with Crippen molar-refractivity contribution < 1.29 is 22.3 Å². The third-order valence-corrected chi connectivity index (χ3v) is 2.71. The van der Waals surface area contributed by atoms with Crippen molar-refractivity contribution in [2.24, 2.45) is 0 Å². The summed E-state index contributed by atoms with van der Waals surface area (Å²) in [5.41, 5.74) is 0. The van der Waals surface area contributed by atoms with Crippen LogP contribution in [0, 0.1) is 9.39 Å². The minimum absolute atomic E-state index is 0.221. The van der Waals surface area contributed by atoms with Gasteiger partial charge in [0.05, 0.1) is 9.77 Å². The number of halogens is 6. The van der Waals surface area contributed by atoms with E-state index in [2.05, 4.69) is 9.72 Å². The largest absolute Gasteiger partial charge is 0.573 e. The first-order chi connectivity index (χ1) is 6.31. The van der Waals surface area contributed by atoms with Crippen LogP contribution < -0.4 is 4.74 Å². The lowest BCUT2D eigenvalue weighted by atomic mass is 10.4. The topological polar surface area (TPSA) is 22.1 Å². The molecule has 0 aliphatic rings. The number of hydrogen-bond donors (Lipinski definition) is 0. The molecule has 14 heavy (non-hydrogen) atoms. The van der Waals surface area contributed by atoms with Gasteiger partial charge in [-0.15, -0.1) is 13.2 Å². The van der Waals surface area contributed by atoms with Crippen LogP contribution in [0.15, 0.2) is 6.20 Å². The highest BCUT2D eigenvalue weighted by Gasteiger charge is 2.34. The summed E-state index contributed by atoms with van der Waals surface area (Å²) in [4.78, 5) is 3.30. The summed E-state index contributed by atoms with van der Waals surface area (Å²) in [5.74, 6) is -2.17. The number of alkyl halides is 3. The lowest BCUT2D eigenvalue weighted by molar-refractivity contribution is -0.276.